The fraction of sp³-hybridized carbons (Fsp3) is 0.385. The largest absolute Gasteiger partial charge is 0.493 e. The number of ether oxygens (including phenoxy) is 3. The molecule has 1 unspecified atom stereocenters. The van der Waals surface area contributed by atoms with E-state index in [1.54, 1.807) is 12.1 Å². The number of rotatable bonds is 2. The van der Waals surface area contributed by atoms with Crippen molar-refractivity contribution >= 4 is 11.9 Å². The van der Waals surface area contributed by atoms with Crippen LogP contribution in [0.5, 0.6) is 11.5 Å². The zero-order valence-electron chi connectivity index (χ0n) is 10.6. The summed E-state index contributed by atoms with van der Waals surface area (Å²) in [7, 11) is 2.99. The molecule has 2 heterocycles. The van der Waals surface area contributed by atoms with Gasteiger partial charge in [0.2, 0.25) is 6.23 Å². The van der Waals surface area contributed by atoms with Gasteiger partial charge in [-0.05, 0) is 12.1 Å². The summed E-state index contributed by atoms with van der Waals surface area (Å²) < 4.78 is 15.7. The lowest BCUT2D eigenvalue weighted by molar-refractivity contribution is -0.164. The number of esters is 1. The van der Waals surface area contributed by atoms with E-state index >= 15 is 0 Å². The Morgan fingerprint density at radius 3 is 2.74 bits per heavy atom. The van der Waals surface area contributed by atoms with E-state index in [1.807, 2.05) is 0 Å². The van der Waals surface area contributed by atoms with Gasteiger partial charge in [-0.2, -0.15) is 0 Å². The van der Waals surface area contributed by atoms with Gasteiger partial charge in [-0.3, -0.25) is 14.5 Å². The first-order valence-electron chi connectivity index (χ1n) is 5.92. The second-order valence-corrected chi connectivity index (χ2v) is 4.36. The van der Waals surface area contributed by atoms with Gasteiger partial charge >= 0.3 is 5.97 Å². The van der Waals surface area contributed by atoms with Crippen LogP contribution in [0.15, 0.2) is 12.1 Å². The molecule has 0 bridgehead atoms. The highest BCUT2D eigenvalue weighted by Gasteiger charge is 2.44. The van der Waals surface area contributed by atoms with Crippen LogP contribution in [-0.4, -0.2) is 37.5 Å². The third kappa shape index (κ3) is 1.56. The van der Waals surface area contributed by atoms with Crippen molar-refractivity contribution in [2.75, 3.05) is 20.8 Å². The highest BCUT2D eigenvalue weighted by atomic mass is 16.6. The van der Waals surface area contributed by atoms with Crippen molar-refractivity contribution in [3.8, 4) is 11.5 Å². The SMILES string of the molecule is COc1ccc2c(c1OC)C(=O)N1CCC(=O)OC21. The Morgan fingerprint density at radius 2 is 2.05 bits per heavy atom. The Morgan fingerprint density at radius 1 is 1.26 bits per heavy atom. The predicted molar refractivity (Wildman–Crippen MR) is 64.0 cm³/mol. The summed E-state index contributed by atoms with van der Waals surface area (Å²) >= 11 is 0. The first kappa shape index (κ1) is 11.8. The molecule has 0 aliphatic carbocycles. The maximum Gasteiger partial charge on any atom is 0.309 e. The molecular formula is C13H13NO5. The Balaban J connectivity index is 2.15. The molecule has 1 fully saturated rings. The second-order valence-electron chi connectivity index (χ2n) is 4.36. The second kappa shape index (κ2) is 4.15. The fourth-order valence-electron chi connectivity index (χ4n) is 2.53. The van der Waals surface area contributed by atoms with Crippen molar-refractivity contribution in [3.05, 3.63) is 23.3 Å². The molecule has 0 N–H and O–H groups in total. The number of benzene rings is 1. The van der Waals surface area contributed by atoms with Crippen LogP contribution in [0.25, 0.3) is 0 Å². The minimum atomic E-state index is -0.636. The van der Waals surface area contributed by atoms with E-state index in [-0.39, 0.29) is 18.3 Å². The van der Waals surface area contributed by atoms with Crippen LogP contribution in [0.3, 0.4) is 0 Å². The van der Waals surface area contributed by atoms with Gasteiger partial charge in [0.15, 0.2) is 11.5 Å². The van der Waals surface area contributed by atoms with Crippen LogP contribution in [-0.2, 0) is 9.53 Å². The van der Waals surface area contributed by atoms with Gasteiger partial charge in [0.1, 0.15) is 0 Å². The highest BCUT2D eigenvalue weighted by Crippen LogP contribution is 2.44. The zero-order chi connectivity index (χ0) is 13.6. The molecule has 0 radical (unpaired) electrons. The molecule has 1 saturated heterocycles. The quantitative estimate of drug-likeness (QED) is 0.748. The van der Waals surface area contributed by atoms with E-state index in [4.69, 9.17) is 14.2 Å². The maximum absolute atomic E-state index is 12.4. The molecule has 2 aliphatic heterocycles. The van der Waals surface area contributed by atoms with Crippen LogP contribution in [0.2, 0.25) is 0 Å². The molecule has 6 heteroatoms. The summed E-state index contributed by atoms with van der Waals surface area (Å²) in [5, 5.41) is 0. The molecule has 0 aromatic heterocycles. The van der Waals surface area contributed by atoms with Crippen molar-refractivity contribution in [3.63, 3.8) is 0 Å². The summed E-state index contributed by atoms with van der Waals surface area (Å²) in [6.07, 6.45) is -0.418. The average molecular weight is 263 g/mol. The molecule has 3 rings (SSSR count). The lowest BCUT2D eigenvalue weighted by atomic mass is 10.1. The molecule has 0 saturated carbocycles. The summed E-state index contributed by atoms with van der Waals surface area (Å²) in [4.78, 5) is 25.3. The Hall–Kier alpha value is -2.24. The number of nitrogens with zero attached hydrogens (tertiary/aromatic N) is 1. The number of hydrogen-bond acceptors (Lipinski definition) is 5. The zero-order valence-corrected chi connectivity index (χ0v) is 10.6. The first-order chi connectivity index (χ1) is 9.17. The first-order valence-corrected chi connectivity index (χ1v) is 5.92. The molecule has 0 spiro atoms. The van der Waals surface area contributed by atoms with Gasteiger partial charge in [-0.25, -0.2) is 0 Å². The van der Waals surface area contributed by atoms with E-state index in [1.165, 1.54) is 19.1 Å². The Kier molecular flexibility index (Phi) is 2.58. The average Bonchev–Trinajstić information content (AvgIpc) is 2.71. The van der Waals surface area contributed by atoms with E-state index < -0.39 is 6.23 Å². The standard InChI is InChI=1S/C13H13NO5/c1-17-8-4-3-7-10(11(8)18-2)12(16)14-6-5-9(15)19-13(7)14/h3-4,13H,5-6H2,1-2H3. The molecule has 1 aromatic rings. The van der Waals surface area contributed by atoms with E-state index in [0.29, 0.717) is 29.2 Å². The fourth-order valence-corrected chi connectivity index (χ4v) is 2.53. The summed E-state index contributed by atoms with van der Waals surface area (Å²) in [6, 6.07) is 3.44. The molecule has 1 aromatic carbocycles. The minimum Gasteiger partial charge on any atom is -0.493 e. The van der Waals surface area contributed by atoms with Crippen LogP contribution in [0, 0.1) is 0 Å². The maximum atomic E-state index is 12.4. The minimum absolute atomic E-state index is 0.191. The van der Waals surface area contributed by atoms with Gasteiger partial charge in [0, 0.05) is 12.1 Å². The van der Waals surface area contributed by atoms with Gasteiger partial charge in [0.05, 0.1) is 26.2 Å². The summed E-state index contributed by atoms with van der Waals surface area (Å²) in [6.45, 7) is 0.364. The lowest BCUT2D eigenvalue weighted by Gasteiger charge is -2.29. The van der Waals surface area contributed by atoms with Crippen LogP contribution in [0.1, 0.15) is 28.6 Å². The van der Waals surface area contributed by atoms with Crippen molar-refractivity contribution in [1.29, 1.82) is 0 Å². The van der Waals surface area contributed by atoms with Crippen LogP contribution < -0.4 is 9.47 Å². The Bertz CT molecular complexity index is 568. The molecule has 6 nitrogen and oxygen atoms in total. The number of carbonyl (C=O) groups is 2. The molecule has 100 valence electrons. The Labute approximate surface area is 109 Å². The molecule has 1 atom stereocenters. The van der Waals surface area contributed by atoms with Crippen LogP contribution in [0.4, 0.5) is 0 Å². The lowest BCUT2D eigenvalue weighted by Crippen LogP contribution is -2.37. The number of methoxy groups -OCH3 is 2. The normalized spacial score (nSPS) is 20.7. The number of carbonyl (C=O) groups excluding carboxylic acids is 2. The summed E-state index contributed by atoms with van der Waals surface area (Å²) in [5.41, 5.74) is 1.07. The van der Waals surface area contributed by atoms with E-state index in [0.717, 1.165) is 0 Å². The van der Waals surface area contributed by atoms with Crippen molar-refractivity contribution in [2.24, 2.45) is 0 Å². The number of hydrogen-bond donors (Lipinski definition) is 0. The highest BCUT2D eigenvalue weighted by molar-refractivity contribution is 6.03. The topological polar surface area (TPSA) is 65.1 Å². The molecule has 1 amide bonds. The van der Waals surface area contributed by atoms with Crippen molar-refractivity contribution in [2.45, 2.75) is 12.6 Å². The van der Waals surface area contributed by atoms with E-state index in [9.17, 15) is 9.59 Å². The predicted octanol–water partition coefficient (Wildman–Crippen LogP) is 1.11. The number of amides is 1. The summed E-state index contributed by atoms with van der Waals surface area (Å²) in [5.74, 6) is 0.385. The van der Waals surface area contributed by atoms with Gasteiger partial charge in [0.25, 0.3) is 5.91 Å². The van der Waals surface area contributed by atoms with Crippen molar-refractivity contribution in [1.82, 2.24) is 4.90 Å². The van der Waals surface area contributed by atoms with Crippen molar-refractivity contribution < 1.29 is 23.8 Å². The monoisotopic (exact) mass is 263 g/mol. The van der Waals surface area contributed by atoms with Crippen LogP contribution >= 0.6 is 0 Å². The molecule has 19 heavy (non-hydrogen) atoms. The van der Waals surface area contributed by atoms with Gasteiger partial charge in [-0.15, -0.1) is 0 Å². The molecule has 2 aliphatic rings. The third-order valence-corrected chi connectivity index (χ3v) is 3.40. The molecular weight excluding hydrogens is 250 g/mol. The van der Waals surface area contributed by atoms with Gasteiger partial charge < -0.3 is 14.2 Å². The van der Waals surface area contributed by atoms with E-state index in [2.05, 4.69) is 0 Å². The number of fused-ring (bicyclic) bond motifs is 3. The smallest absolute Gasteiger partial charge is 0.309 e. The van der Waals surface area contributed by atoms with Gasteiger partial charge in [-0.1, -0.05) is 0 Å². The third-order valence-electron chi connectivity index (χ3n) is 3.40.